The minimum Gasteiger partial charge on any atom is -0.481 e. The van der Waals surface area contributed by atoms with Crippen LogP contribution in [0.4, 0.5) is 5.69 Å². The van der Waals surface area contributed by atoms with Gasteiger partial charge in [0.2, 0.25) is 0 Å². The van der Waals surface area contributed by atoms with Crippen LogP contribution in [0, 0.1) is 6.92 Å². The number of carbonyl (C=O) groups excluding carboxylic acids is 2. The van der Waals surface area contributed by atoms with Crippen LogP contribution in [-0.4, -0.2) is 25.0 Å². The van der Waals surface area contributed by atoms with Gasteiger partial charge in [-0.25, -0.2) is 0 Å². The summed E-state index contributed by atoms with van der Waals surface area (Å²) in [5.41, 5.74) is 2.28. The van der Waals surface area contributed by atoms with Crippen LogP contribution in [0.3, 0.4) is 0 Å². The Kier molecular flexibility index (Phi) is 5.36. The second kappa shape index (κ2) is 7.45. The van der Waals surface area contributed by atoms with Crippen molar-refractivity contribution in [3.63, 3.8) is 0 Å². The average Bonchev–Trinajstić information content (AvgIpc) is 2.56. The van der Waals surface area contributed by atoms with Gasteiger partial charge in [-0.3, -0.25) is 9.59 Å². The molecule has 0 unspecified atom stereocenters. The van der Waals surface area contributed by atoms with Gasteiger partial charge >= 0.3 is 0 Å². The van der Waals surface area contributed by atoms with Crippen LogP contribution in [0.1, 0.15) is 22.8 Å². The Morgan fingerprint density at radius 1 is 1.00 bits per heavy atom. The monoisotopic (exact) mass is 312 g/mol. The van der Waals surface area contributed by atoms with E-state index in [1.165, 1.54) is 0 Å². The van der Waals surface area contributed by atoms with E-state index in [-0.39, 0.29) is 11.8 Å². The Labute approximate surface area is 135 Å². The Hall–Kier alpha value is -2.82. The number of ether oxygens (including phenoxy) is 1. The summed E-state index contributed by atoms with van der Waals surface area (Å²) < 4.78 is 5.61. The molecule has 0 radical (unpaired) electrons. The summed E-state index contributed by atoms with van der Waals surface area (Å²) in [6, 6.07) is 14.2. The number of hydrogen-bond acceptors (Lipinski definition) is 3. The van der Waals surface area contributed by atoms with Gasteiger partial charge < -0.3 is 15.4 Å². The van der Waals surface area contributed by atoms with Gasteiger partial charge in [0, 0.05) is 18.3 Å². The quantitative estimate of drug-likeness (QED) is 0.892. The molecule has 2 N–H and O–H groups in total. The molecular formula is C18H20N2O3. The molecule has 0 aliphatic carbocycles. The zero-order valence-corrected chi connectivity index (χ0v) is 13.4. The first-order valence-corrected chi connectivity index (χ1v) is 7.36. The van der Waals surface area contributed by atoms with Crippen molar-refractivity contribution in [1.82, 2.24) is 5.32 Å². The molecule has 0 aliphatic rings. The molecule has 0 heterocycles. The first kappa shape index (κ1) is 16.5. The molecule has 0 bridgehead atoms. The molecule has 23 heavy (non-hydrogen) atoms. The van der Waals surface area contributed by atoms with Gasteiger partial charge in [0.25, 0.3) is 11.8 Å². The maximum absolute atomic E-state index is 12.1. The molecule has 1 atom stereocenters. The number of aryl methyl sites for hydroxylation is 1. The molecule has 2 aromatic carbocycles. The first-order valence-electron chi connectivity index (χ1n) is 7.36. The summed E-state index contributed by atoms with van der Waals surface area (Å²) in [7, 11) is 1.57. The molecule has 5 heteroatoms. The van der Waals surface area contributed by atoms with E-state index in [0.717, 1.165) is 5.56 Å². The predicted octanol–water partition coefficient (Wildman–Crippen LogP) is 2.76. The van der Waals surface area contributed by atoms with Gasteiger partial charge in [0.05, 0.1) is 0 Å². The van der Waals surface area contributed by atoms with Crippen LogP contribution in [0.2, 0.25) is 0 Å². The fraction of sp³-hybridized carbons (Fsp3) is 0.222. The van der Waals surface area contributed by atoms with Crippen molar-refractivity contribution in [2.45, 2.75) is 20.0 Å². The lowest BCUT2D eigenvalue weighted by molar-refractivity contribution is -0.122. The van der Waals surface area contributed by atoms with Gasteiger partial charge in [-0.2, -0.15) is 0 Å². The smallest absolute Gasteiger partial charge is 0.265 e. The number of carbonyl (C=O) groups is 2. The lowest BCUT2D eigenvalue weighted by Gasteiger charge is -2.15. The third-order valence-electron chi connectivity index (χ3n) is 3.34. The number of nitrogens with one attached hydrogen (secondary N) is 2. The van der Waals surface area contributed by atoms with E-state index in [1.807, 2.05) is 31.2 Å². The molecular weight excluding hydrogens is 292 g/mol. The molecule has 0 aromatic heterocycles. The second-order valence-electron chi connectivity index (χ2n) is 5.22. The number of amides is 2. The molecule has 0 aliphatic heterocycles. The van der Waals surface area contributed by atoms with Crippen molar-refractivity contribution in [3.8, 4) is 5.75 Å². The molecule has 120 valence electrons. The topological polar surface area (TPSA) is 67.4 Å². The molecule has 0 spiro atoms. The minimum atomic E-state index is -0.628. The number of anilines is 1. The van der Waals surface area contributed by atoms with Gasteiger partial charge in [-0.05, 0) is 50.2 Å². The van der Waals surface area contributed by atoms with Crippen molar-refractivity contribution in [1.29, 1.82) is 0 Å². The standard InChI is InChI=1S/C18H20N2O3/c1-12-4-10-16(11-5-12)23-13(2)17(21)20-15-8-6-14(7-9-15)18(22)19-3/h4-11,13H,1-3H3,(H,19,22)(H,20,21)/t13-/m0/s1. The van der Waals surface area contributed by atoms with E-state index in [4.69, 9.17) is 4.74 Å². The molecule has 2 amide bonds. The van der Waals surface area contributed by atoms with Crippen LogP contribution in [0.5, 0.6) is 5.75 Å². The van der Waals surface area contributed by atoms with Crippen molar-refractivity contribution in [2.24, 2.45) is 0 Å². The average molecular weight is 312 g/mol. The summed E-state index contributed by atoms with van der Waals surface area (Å²) in [5, 5.41) is 5.31. The van der Waals surface area contributed by atoms with E-state index in [2.05, 4.69) is 10.6 Å². The Morgan fingerprint density at radius 2 is 1.61 bits per heavy atom. The second-order valence-corrected chi connectivity index (χ2v) is 5.22. The summed E-state index contributed by atoms with van der Waals surface area (Å²) in [6.45, 7) is 3.68. The van der Waals surface area contributed by atoms with Crippen LogP contribution in [-0.2, 0) is 4.79 Å². The van der Waals surface area contributed by atoms with Crippen molar-refractivity contribution < 1.29 is 14.3 Å². The molecule has 2 aromatic rings. The molecule has 0 saturated heterocycles. The molecule has 0 saturated carbocycles. The normalized spacial score (nSPS) is 11.4. The zero-order chi connectivity index (χ0) is 16.8. The van der Waals surface area contributed by atoms with E-state index in [9.17, 15) is 9.59 Å². The van der Waals surface area contributed by atoms with E-state index in [1.54, 1.807) is 38.2 Å². The van der Waals surface area contributed by atoms with Crippen LogP contribution < -0.4 is 15.4 Å². The summed E-state index contributed by atoms with van der Waals surface area (Å²) >= 11 is 0. The molecule has 2 rings (SSSR count). The van der Waals surface area contributed by atoms with Crippen molar-refractivity contribution in [3.05, 3.63) is 59.7 Å². The maximum atomic E-state index is 12.1. The number of hydrogen-bond donors (Lipinski definition) is 2. The third kappa shape index (κ3) is 4.57. The van der Waals surface area contributed by atoms with Crippen LogP contribution in [0.25, 0.3) is 0 Å². The highest BCUT2D eigenvalue weighted by molar-refractivity contribution is 5.96. The highest BCUT2D eigenvalue weighted by Crippen LogP contribution is 2.15. The molecule has 5 nitrogen and oxygen atoms in total. The Balaban J connectivity index is 1.95. The van der Waals surface area contributed by atoms with Gasteiger partial charge in [-0.1, -0.05) is 17.7 Å². The maximum Gasteiger partial charge on any atom is 0.265 e. The van der Waals surface area contributed by atoms with E-state index in [0.29, 0.717) is 17.0 Å². The van der Waals surface area contributed by atoms with E-state index < -0.39 is 6.10 Å². The summed E-state index contributed by atoms with van der Waals surface area (Å²) in [5.74, 6) is 0.227. The number of rotatable bonds is 5. The Bertz CT molecular complexity index is 678. The fourth-order valence-electron chi connectivity index (χ4n) is 1.97. The highest BCUT2D eigenvalue weighted by Gasteiger charge is 2.15. The first-order chi connectivity index (χ1) is 11.0. The highest BCUT2D eigenvalue weighted by atomic mass is 16.5. The van der Waals surface area contributed by atoms with Gasteiger partial charge in [0.1, 0.15) is 5.75 Å². The zero-order valence-electron chi connectivity index (χ0n) is 13.4. The largest absolute Gasteiger partial charge is 0.481 e. The Morgan fingerprint density at radius 3 is 2.17 bits per heavy atom. The van der Waals surface area contributed by atoms with Crippen molar-refractivity contribution >= 4 is 17.5 Å². The predicted molar refractivity (Wildman–Crippen MR) is 89.7 cm³/mol. The van der Waals surface area contributed by atoms with Gasteiger partial charge in [0.15, 0.2) is 6.10 Å². The summed E-state index contributed by atoms with van der Waals surface area (Å²) in [6.07, 6.45) is -0.628. The van der Waals surface area contributed by atoms with Gasteiger partial charge in [-0.15, -0.1) is 0 Å². The minimum absolute atomic E-state index is 0.168. The van der Waals surface area contributed by atoms with E-state index >= 15 is 0 Å². The van der Waals surface area contributed by atoms with Crippen LogP contribution >= 0.6 is 0 Å². The lowest BCUT2D eigenvalue weighted by atomic mass is 10.2. The number of benzene rings is 2. The fourth-order valence-corrected chi connectivity index (χ4v) is 1.97. The third-order valence-corrected chi connectivity index (χ3v) is 3.34. The summed E-state index contributed by atoms with van der Waals surface area (Å²) in [4.78, 5) is 23.6. The lowest BCUT2D eigenvalue weighted by Crippen LogP contribution is -2.30. The SMILES string of the molecule is CNC(=O)c1ccc(NC(=O)[C@H](C)Oc2ccc(C)cc2)cc1. The van der Waals surface area contributed by atoms with Crippen molar-refractivity contribution in [2.75, 3.05) is 12.4 Å². The molecule has 0 fully saturated rings. The van der Waals surface area contributed by atoms with Crippen LogP contribution in [0.15, 0.2) is 48.5 Å².